The van der Waals surface area contributed by atoms with Crippen molar-refractivity contribution in [3.63, 3.8) is 0 Å². The first-order valence-electron chi connectivity index (χ1n) is 11.2. The van der Waals surface area contributed by atoms with Gasteiger partial charge in [0.25, 0.3) is 0 Å². The number of carbonyl (C=O) groups excluding carboxylic acids is 4. The molecule has 0 spiro atoms. The summed E-state index contributed by atoms with van der Waals surface area (Å²) in [6, 6.07) is 5.35. The predicted octanol–water partition coefficient (Wildman–Crippen LogP) is 2.12. The summed E-state index contributed by atoms with van der Waals surface area (Å²) in [5.74, 6) is -3.62. The third kappa shape index (κ3) is 3.95. The molecule has 9 nitrogen and oxygen atoms in total. The summed E-state index contributed by atoms with van der Waals surface area (Å²) in [6.07, 6.45) is 4.20. The number of imide groups is 1. The highest BCUT2D eigenvalue weighted by atomic mass is 35.5. The Morgan fingerprint density at radius 1 is 1.09 bits per heavy atom. The number of nitrogens with one attached hydrogen (secondary N) is 3. The predicted molar refractivity (Wildman–Crippen MR) is 120 cm³/mol. The van der Waals surface area contributed by atoms with Crippen molar-refractivity contribution in [2.24, 2.45) is 11.8 Å². The fourth-order valence-electron chi connectivity index (χ4n) is 4.98. The van der Waals surface area contributed by atoms with E-state index in [4.69, 9.17) is 11.6 Å². The van der Waals surface area contributed by atoms with Crippen molar-refractivity contribution in [2.75, 3.05) is 18.4 Å². The van der Waals surface area contributed by atoms with Gasteiger partial charge >= 0.3 is 0 Å². The molecule has 2 aromatic rings. The minimum absolute atomic E-state index is 0.120. The van der Waals surface area contributed by atoms with Crippen LogP contribution in [0.15, 0.2) is 24.4 Å². The fourth-order valence-corrected chi connectivity index (χ4v) is 5.18. The van der Waals surface area contributed by atoms with Crippen LogP contribution in [0, 0.1) is 11.8 Å². The average Bonchev–Trinajstić information content (AvgIpc) is 3.31. The van der Waals surface area contributed by atoms with Gasteiger partial charge in [0.2, 0.25) is 11.8 Å². The van der Waals surface area contributed by atoms with Crippen LogP contribution in [-0.4, -0.2) is 46.3 Å². The SMILES string of the molecule is O=C1CCC(C2C(=O)c3cccc(NCc4cn(C5CCNCC5)nc4Cl)c3C2=O)C(=O)N1. The minimum atomic E-state index is -1.10. The van der Waals surface area contributed by atoms with Crippen molar-refractivity contribution >= 4 is 40.7 Å². The number of hydrogen-bond acceptors (Lipinski definition) is 7. The Kier molecular flexibility index (Phi) is 5.76. The van der Waals surface area contributed by atoms with Gasteiger partial charge in [0.1, 0.15) is 0 Å². The van der Waals surface area contributed by atoms with Crippen molar-refractivity contribution in [1.82, 2.24) is 20.4 Å². The topological polar surface area (TPSA) is 122 Å². The second-order valence-electron chi connectivity index (χ2n) is 8.75. The second-order valence-corrected chi connectivity index (χ2v) is 9.11. The smallest absolute Gasteiger partial charge is 0.230 e. The monoisotopic (exact) mass is 469 g/mol. The molecule has 1 aliphatic carbocycles. The van der Waals surface area contributed by atoms with E-state index in [2.05, 4.69) is 21.0 Å². The number of rotatable bonds is 5. The van der Waals surface area contributed by atoms with Crippen LogP contribution < -0.4 is 16.0 Å². The normalized spacial score (nSPS) is 23.5. The van der Waals surface area contributed by atoms with Crippen LogP contribution in [0.3, 0.4) is 0 Å². The Hall–Kier alpha value is -3.04. The van der Waals surface area contributed by atoms with Crippen molar-refractivity contribution in [1.29, 1.82) is 0 Å². The summed E-state index contributed by atoms with van der Waals surface area (Å²) < 4.78 is 1.91. The van der Waals surface area contributed by atoms with Gasteiger partial charge < -0.3 is 10.6 Å². The molecular weight excluding hydrogens is 446 g/mol. The van der Waals surface area contributed by atoms with Crippen molar-refractivity contribution in [3.05, 3.63) is 46.2 Å². The van der Waals surface area contributed by atoms with Gasteiger partial charge in [-0.15, -0.1) is 0 Å². The van der Waals surface area contributed by atoms with Gasteiger partial charge in [0.15, 0.2) is 16.7 Å². The second kappa shape index (κ2) is 8.72. The molecule has 2 saturated heterocycles. The number of benzene rings is 1. The molecule has 0 bridgehead atoms. The molecule has 2 unspecified atom stereocenters. The molecule has 1 aromatic heterocycles. The summed E-state index contributed by atoms with van der Waals surface area (Å²) in [5, 5.41) is 13.7. The molecule has 0 radical (unpaired) electrons. The van der Waals surface area contributed by atoms with Crippen LogP contribution in [0.25, 0.3) is 0 Å². The number of Topliss-reactive ketones (excluding diaryl/α,β-unsaturated/α-hetero) is 2. The largest absolute Gasteiger partial charge is 0.380 e. The van der Waals surface area contributed by atoms with Crippen LogP contribution in [0.5, 0.6) is 0 Å². The number of halogens is 1. The summed E-state index contributed by atoms with van der Waals surface area (Å²) >= 11 is 6.37. The average molecular weight is 470 g/mol. The Morgan fingerprint density at radius 3 is 2.64 bits per heavy atom. The van der Waals surface area contributed by atoms with E-state index in [-0.39, 0.29) is 30.3 Å². The number of hydrogen-bond donors (Lipinski definition) is 3. The van der Waals surface area contributed by atoms with Crippen LogP contribution in [0.1, 0.15) is 58.0 Å². The van der Waals surface area contributed by atoms with Gasteiger partial charge in [0, 0.05) is 36.0 Å². The summed E-state index contributed by atoms with van der Waals surface area (Å²) in [7, 11) is 0. The molecule has 2 fully saturated rings. The van der Waals surface area contributed by atoms with Gasteiger partial charge in [0.05, 0.1) is 23.4 Å². The van der Waals surface area contributed by atoms with Crippen LogP contribution >= 0.6 is 11.6 Å². The van der Waals surface area contributed by atoms with Crippen LogP contribution in [0.2, 0.25) is 5.15 Å². The number of piperidine rings is 2. The molecule has 3 heterocycles. The zero-order chi connectivity index (χ0) is 23.1. The molecule has 33 heavy (non-hydrogen) atoms. The van der Waals surface area contributed by atoms with E-state index in [0.717, 1.165) is 31.5 Å². The number of ketones is 2. The van der Waals surface area contributed by atoms with Crippen molar-refractivity contribution in [2.45, 2.75) is 38.3 Å². The highest BCUT2D eigenvalue weighted by molar-refractivity contribution is 6.30. The lowest BCUT2D eigenvalue weighted by molar-refractivity contribution is -0.137. The number of aromatic nitrogens is 2. The molecule has 1 aromatic carbocycles. The Labute approximate surface area is 195 Å². The molecule has 2 aliphatic heterocycles. The summed E-state index contributed by atoms with van der Waals surface area (Å²) in [6.45, 7) is 2.22. The van der Waals surface area contributed by atoms with Crippen molar-refractivity contribution in [3.8, 4) is 0 Å². The van der Waals surface area contributed by atoms with E-state index in [1.54, 1.807) is 18.2 Å². The zero-order valence-electron chi connectivity index (χ0n) is 17.9. The number of nitrogens with zero attached hydrogens (tertiary/aromatic N) is 2. The molecule has 5 rings (SSSR count). The zero-order valence-corrected chi connectivity index (χ0v) is 18.7. The Balaban J connectivity index is 1.35. The molecule has 2 atom stereocenters. The lowest BCUT2D eigenvalue weighted by atomic mass is 9.82. The maximum absolute atomic E-state index is 13.3. The highest BCUT2D eigenvalue weighted by Crippen LogP contribution is 2.38. The molecule has 2 amide bonds. The summed E-state index contributed by atoms with van der Waals surface area (Å²) in [5.41, 5.74) is 1.91. The van der Waals surface area contributed by atoms with Crippen LogP contribution in [-0.2, 0) is 16.1 Å². The van der Waals surface area contributed by atoms with Crippen LogP contribution in [0.4, 0.5) is 5.69 Å². The van der Waals surface area contributed by atoms with Gasteiger partial charge in [-0.05, 0) is 38.4 Å². The number of fused-ring (bicyclic) bond motifs is 1. The number of amides is 2. The third-order valence-electron chi connectivity index (χ3n) is 6.73. The third-order valence-corrected chi connectivity index (χ3v) is 7.05. The van der Waals surface area contributed by atoms with E-state index >= 15 is 0 Å². The summed E-state index contributed by atoms with van der Waals surface area (Å²) in [4.78, 5) is 50.1. The van der Waals surface area contributed by atoms with Gasteiger partial charge in [-0.1, -0.05) is 23.7 Å². The molecule has 10 heteroatoms. The standard InChI is InChI=1S/C23H24ClN5O4/c24-22-12(11-29(28-22)13-6-8-25-9-7-13)10-26-16-3-1-2-14-18(16)21(32)19(20(14)31)15-4-5-17(30)27-23(15)33/h1-3,11,13,15,19,25-26H,4-10H2,(H,27,30,33). The minimum Gasteiger partial charge on any atom is -0.380 e. The Bertz CT molecular complexity index is 1150. The van der Waals surface area contributed by atoms with E-state index in [0.29, 0.717) is 34.6 Å². The van der Waals surface area contributed by atoms with Crippen molar-refractivity contribution < 1.29 is 19.2 Å². The lowest BCUT2D eigenvalue weighted by Crippen LogP contribution is -2.46. The lowest BCUT2D eigenvalue weighted by Gasteiger charge is -2.24. The van der Waals surface area contributed by atoms with E-state index in [1.807, 2.05) is 10.9 Å². The van der Waals surface area contributed by atoms with Gasteiger partial charge in [-0.3, -0.25) is 29.2 Å². The number of carbonyl (C=O) groups is 4. The molecule has 172 valence electrons. The Morgan fingerprint density at radius 2 is 1.88 bits per heavy atom. The molecule has 3 aliphatic rings. The van der Waals surface area contributed by atoms with E-state index in [9.17, 15) is 19.2 Å². The highest BCUT2D eigenvalue weighted by Gasteiger charge is 2.48. The van der Waals surface area contributed by atoms with E-state index in [1.165, 1.54) is 0 Å². The maximum Gasteiger partial charge on any atom is 0.230 e. The first kappa shape index (κ1) is 21.8. The first-order valence-corrected chi connectivity index (χ1v) is 11.5. The fraction of sp³-hybridized carbons (Fsp3) is 0.435. The quantitative estimate of drug-likeness (QED) is 0.453. The first-order chi connectivity index (χ1) is 15.9. The molecule has 3 N–H and O–H groups in total. The number of anilines is 1. The maximum atomic E-state index is 13.3. The molecular formula is C23H24ClN5O4. The van der Waals surface area contributed by atoms with Gasteiger partial charge in [-0.2, -0.15) is 5.10 Å². The van der Waals surface area contributed by atoms with Gasteiger partial charge in [-0.25, -0.2) is 0 Å². The molecule has 0 saturated carbocycles. The van der Waals surface area contributed by atoms with E-state index < -0.39 is 17.7 Å².